The normalized spacial score (nSPS) is 18.0. The van der Waals surface area contributed by atoms with E-state index in [0.717, 1.165) is 43.5 Å². The molecule has 1 saturated heterocycles. The lowest BCUT2D eigenvalue weighted by molar-refractivity contribution is 0.0117. The first-order valence-electron chi connectivity index (χ1n) is 7.29. The van der Waals surface area contributed by atoms with Crippen molar-refractivity contribution in [2.24, 2.45) is 0 Å². The molecule has 0 bridgehead atoms. The van der Waals surface area contributed by atoms with Gasteiger partial charge in [-0.3, -0.25) is 9.69 Å². The highest BCUT2D eigenvalue weighted by molar-refractivity contribution is 5.97. The topological polar surface area (TPSA) is 54.7 Å². The lowest BCUT2D eigenvalue weighted by Crippen LogP contribution is -2.41. The molecule has 1 fully saturated rings. The first-order valence-corrected chi connectivity index (χ1v) is 7.29. The maximum atomic E-state index is 11.1. The van der Waals surface area contributed by atoms with Crippen molar-refractivity contribution in [3.8, 4) is 0 Å². The molecule has 21 heavy (non-hydrogen) atoms. The van der Waals surface area contributed by atoms with Crippen LogP contribution in [0.1, 0.15) is 10.4 Å². The Kier molecular flexibility index (Phi) is 4.34. The minimum Gasteiger partial charge on any atom is -0.390 e. The van der Waals surface area contributed by atoms with Gasteiger partial charge in [-0.05, 0) is 6.07 Å². The molecule has 1 N–H and O–H groups in total. The molecule has 5 heteroatoms. The highest BCUT2D eigenvalue weighted by atomic mass is 16.5. The van der Waals surface area contributed by atoms with Crippen molar-refractivity contribution in [3.63, 3.8) is 0 Å². The minimum atomic E-state index is -0.460. The van der Waals surface area contributed by atoms with Crippen molar-refractivity contribution >= 4 is 17.2 Å². The van der Waals surface area contributed by atoms with E-state index < -0.39 is 6.10 Å². The monoisotopic (exact) mass is 288 g/mol. The number of hydrogen-bond acceptors (Lipinski definition) is 4. The Bertz CT molecular complexity index is 617. The third-order valence-electron chi connectivity index (χ3n) is 3.93. The SMILES string of the molecule is O=Cc1cn(C[C@H](O)CN2CCOCC2)c2ccccc12. The Hall–Kier alpha value is -1.69. The maximum Gasteiger partial charge on any atom is 0.152 e. The van der Waals surface area contributed by atoms with Gasteiger partial charge in [0.15, 0.2) is 6.29 Å². The number of fused-ring (bicyclic) bond motifs is 1. The van der Waals surface area contributed by atoms with Crippen LogP contribution in [0.2, 0.25) is 0 Å². The number of benzene rings is 1. The summed E-state index contributed by atoms with van der Waals surface area (Å²) in [4.78, 5) is 13.3. The maximum absolute atomic E-state index is 11.1. The molecule has 1 aliphatic heterocycles. The predicted octanol–water partition coefficient (Wildman–Crippen LogP) is 1.15. The van der Waals surface area contributed by atoms with E-state index in [1.54, 1.807) is 0 Å². The summed E-state index contributed by atoms with van der Waals surface area (Å²) in [6.07, 6.45) is 2.23. The number of aliphatic hydroxyl groups is 1. The Balaban J connectivity index is 1.73. The quantitative estimate of drug-likeness (QED) is 0.839. The van der Waals surface area contributed by atoms with Crippen molar-refractivity contribution in [1.82, 2.24) is 9.47 Å². The molecule has 0 unspecified atom stereocenters. The van der Waals surface area contributed by atoms with Crippen LogP contribution in [0.25, 0.3) is 10.9 Å². The van der Waals surface area contributed by atoms with Gasteiger partial charge in [-0.15, -0.1) is 0 Å². The number of nitrogens with zero attached hydrogens (tertiary/aromatic N) is 2. The van der Waals surface area contributed by atoms with Crippen LogP contribution >= 0.6 is 0 Å². The summed E-state index contributed by atoms with van der Waals surface area (Å²) in [5.41, 5.74) is 1.66. The smallest absolute Gasteiger partial charge is 0.152 e. The van der Waals surface area contributed by atoms with Crippen molar-refractivity contribution in [1.29, 1.82) is 0 Å². The molecular formula is C16H20N2O3. The summed E-state index contributed by atoms with van der Waals surface area (Å²) in [7, 11) is 0. The molecule has 3 rings (SSSR count). The molecule has 0 spiro atoms. The van der Waals surface area contributed by atoms with Crippen molar-refractivity contribution in [2.75, 3.05) is 32.8 Å². The molecule has 2 heterocycles. The number of morpholine rings is 1. The summed E-state index contributed by atoms with van der Waals surface area (Å²) < 4.78 is 7.27. The lowest BCUT2D eigenvalue weighted by Gasteiger charge is -2.28. The molecule has 1 aromatic carbocycles. The Morgan fingerprint density at radius 3 is 2.76 bits per heavy atom. The Morgan fingerprint density at radius 1 is 1.24 bits per heavy atom. The van der Waals surface area contributed by atoms with E-state index >= 15 is 0 Å². The average Bonchev–Trinajstić information content (AvgIpc) is 2.86. The summed E-state index contributed by atoms with van der Waals surface area (Å²) >= 11 is 0. The lowest BCUT2D eigenvalue weighted by atomic mass is 10.2. The van der Waals surface area contributed by atoms with E-state index in [0.29, 0.717) is 18.7 Å². The molecule has 0 amide bonds. The van der Waals surface area contributed by atoms with Crippen LogP contribution in [0.5, 0.6) is 0 Å². The molecule has 2 aromatic rings. The van der Waals surface area contributed by atoms with Gasteiger partial charge >= 0.3 is 0 Å². The van der Waals surface area contributed by atoms with Gasteiger partial charge in [0.2, 0.25) is 0 Å². The fraction of sp³-hybridized carbons (Fsp3) is 0.438. The second-order valence-electron chi connectivity index (χ2n) is 5.44. The minimum absolute atomic E-state index is 0.460. The second-order valence-corrected chi connectivity index (χ2v) is 5.44. The molecule has 112 valence electrons. The van der Waals surface area contributed by atoms with Crippen LogP contribution in [0, 0.1) is 0 Å². The van der Waals surface area contributed by atoms with E-state index in [-0.39, 0.29) is 0 Å². The zero-order valence-corrected chi connectivity index (χ0v) is 11.9. The summed E-state index contributed by atoms with van der Waals surface area (Å²) in [6, 6.07) is 7.78. The number of ether oxygens (including phenoxy) is 1. The van der Waals surface area contributed by atoms with Crippen molar-refractivity contribution < 1.29 is 14.6 Å². The van der Waals surface area contributed by atoms with Crippen LogP contribution in [0.15, 0.2) is 30.5 Å². The van der Waals surface area contributed by atoms with Gasteiger partial charge in [-0.1, -0.05) is 18.2 Å². The van der Waals surface area contributed by atoms with Gasteiger partial charge in [0.05, 0.1) is 19.3 Å². The highest BCUT2D eigenvalue weighted by Crippen LogP contribution is 2.20. The van der Waals surface area contributed by atoms with E-state index in [2.05, 4.69) is 4.90 Å². The number of para-hydroxylation sites is 1. The number of aliphatic hydroxyl groups excluding tert-OH is 1. The van der Waals surface area contributed by atoms with Crippen molar-refractivity contribution in [3.05, 3.63) is 36.0 Å². The number of rotatable bonds is 5. The molecule has 0 radical (unpaired) electrons. The number of β-amino-alcohol motifs (C(OH)–C–C–N with tert-alkyl or cyclic N) is 1. The van der Waals surface area contributed by atoms with E-state index in [9.17, 15) is 9.90 Å². The van der Waals surface area contributed by atoms with Gasteiger partial charge in [-0.2, -0.15) is 0 Å². The fourth-order valence-electron chi connectivity index (χ4n) is 2.89. The predicted molar refractivity (Wildman–Crippen MR) is 80.6 cm³/mol. The number of hydrogen-bond donors (Lipinski definition) is 1. The van der Waals surface area contributed by atoms with Gasteiger partial charge in [0.1, 0.15) is 0 Å². The van der Waals surface area contributed by atoms with Crippen LogP contribution < -0.4 is 0 Å². The first kappa shape index (κ1) is 14.3. The van der Waals surface area contributed by atoms with Gasteiger partial charge in [0.25, 0.3) is 0 Å². The van der Waals surface area contributed by atoms with Crippen LogP contribution in [-0.2, 0) is 11.3 Å². The molecule has 1 aliphatic rings. The summed E-state index contributed by atoms with van der Waals surface area (Å²) in [6.45, 7) is 4.31. The third kappa shape index (κ3) is 3.15. The van der Waals surface area contributed by atoms with Gasteiger partial charge < -0.3 is 14.4 Å². The Labute approximate surface area is 123 Å². The average molecular weight is 288 g/mol. The number of aldehydes is 1. The highest BCUT2D eigenvalue weighted by Gasteiger charge is 2.16. The Morgan fingerprint density at radius 2 is 2.00 bits per heavy atom. The summed E-state index contributed by atoms with van der Waals surface area (Å²) in [5, 5.41) is 11.2. The third-order valence-corrected chi connectivity index (χ3v) is 3.93. The van der Waals surface area contributed by atoms with Crippen LogP contribution in [-0.4, -0.2) is 59.8 Å². The second kappa shape index (κ2) is 6.39. The number of aromatic nitrogens is 1. The molecular weight excluding hydrogens is 268 g/mol. The van der Waals surface area contributed by atoms with Gasteiger partial charge in [0, 0.05) is 48.8 Å². The molecule has 1 atom stereocenters. The van der Waals surface area contributed by atoms with Crippen LogP contribution in [0.4, 0.5) is 0 Å². The van der Waals surface area contributed by atoms with Crippen molar-refractivity contribution in [2.45, 2.75) is 12.6 Å². The zero-order chi connectivity index (χ0) is 14.7. The molecule has 0 aliphatic carbocycles. The van der Waals surface area contributed by atoms with E-state index in [1.165, 1.54) is 0 Å². The largest absolute Gasteiger partial charge is 0.390 e. The summed E-state index contributed by atoms with van der Waals surface area (Å²) in [5.74, 6) is 0. The molecule has 5 nitrogen and oxygen atoms in total. The van der Waals surface area contributed by atoms with Gasteiger partial charge in [-0.25, -0.2) is 0 Å². The van der Waals surface area contributed by atoms with E-state index in [1.807, 2.05) is 35.0 Å². The molecule has 1 aromatic heterocycles. The van der Waals surface area contributed by atoms with Crippen LogP contribution in [0.3, 0.4) is 0 Å². The molecule has 0 saturated carbocycles. The fourth-order valence-corrected chi connectivity index (χ4v) is 2.89. The standard InChI is InChI=1S/C16H20N2O3/c19-12-13-9-18(16-4-2-1-3-15(13)16)11-14(20)10-17-5-7-21-8-6-17/h1-4,9,12,14,20H,5-8,10-11H2/t14-/m1/s1. The number of carbonyl (C=O) groups is 1. The number of carbonyl (C=O) groups excluding carboxylic acids is 1. The van der Waals surface area contributed by atoms with E-state index in [4.69, 9.17) is 4.74 Å². The zero-order valence-electron chi connectivity index (χ0n) is 11.9. The first-order chi connectivity index (χ1) is 10.3.